The summed E-state index contributed by atoms with van der Waals surface area (Å²) in [5, 5.41) is 4.39. The largest absolute Gasteiger partial charge is 0.416 e. The summed E-state index contributed by atoms with van der Waals surface area (Å²) in [6.45, 7) is 1.33. The van der Waals surface area contributed by atoms with Gasteiger partial charge in [0.25, 0.3) is 0 Å². The van der Waals surface area contributed by atoms with Crippen molar-refractivity contribution in [3.63, 3.8) is 0 Å². The van der Waals surface area contributed by atoms with E-state index in [0.29, 0.717) is 11.3 Å². The van der Waals surface area contributed by atoms with E-state index < -0.39 is 29.7 Å². The molecule has 0 amide bonds. The average Bonchev–Trinajstić information content (AvgIpc) is 3.39. The van der Waals surface area contributed by atoms with Gasteiger partial charge in [0.05, 0.1) is 16.9 Å². The van der Waals surface area contributed by atoms with Gasteiger partial charge in [0.1, 0.15) is 5.69 Å². The SMILES string of the molecule is CC(=O)C1OC1C(=O)c1cc(-c2ccncc2)nn1-c1ccc(C(F)(F)F)cc1. The zero-order chi connectivity index (χ0) is 20.8. The predicted molar refractivity (Wildman–Crippen MR) is 95.5 cm³/mol. The second kappa shape index (κ2) is 6.93. The Labute approximate surface area is 162 Å². The van der Waals surface area contributed by atoms with Crippen LogP contribution < -0.4 is 0 Å². The summed E-state index contributed by atoms with van der Waals surface area (Å²) < 4.78 is 45.0. The molecule has 4 rings (SSSR count). The standard InChI is InChI=1S/C20H14F3N3O3/c1-11(27)18-19(29-18)17(28)16-10-15(12-6-8-24-9-7-12)25-26(16)14-4-2-13(3-5-14)20(21,22)23/h2-10,18-19H,1H3. The first-order valence-electron chi connectivity index (χ1n) is 8.64. The summed E-state index contributed by atoms with van der Waals surface area (Å²) in [6, 6.07) is 9.22. The van der Waals surface area contributed by atoms with Crippen molar-refractivity contribution in [1.29, 1.82) is 0 Å². The molecule has 1 fully saturated rings. The lowest BCUT2D eigenvalue weighted by Crippen LogP contribution is -2.18. The molecule has 2 unspecified atom stereocenters. The van der Waals surface area contributed by atoms with Gasteiger partial charge in [0, 0.05) is 18.0 Å². The lowest BCUT2D eigenvalue weighted by Gasteiger charge is -2.09. The first-order valence-corrected chi connectivity index (χ1v) is 8.64. The van der Waals surface area contributed by atoms with Crippen LogP contribution in [0.4, 0.5) is 13.2 Å². The molecule has 1 saturated heterocycles. The molecule has 9 heteroatoms. The predicted octanol–water partition coefficient (Wildman–Crippen LogP) is 3.49. The third-order valence-electron chi connectivity index (χ3n) is 4.53. The summed E-state index contributed by atoms with van der Waals surface area (Å²) in [4.78, 5) is 28.2. The Morgan fingerprint density at radius 1 is 1.03 bits per heavy atom. The second-order valence-electron chi connectivity index (χ2n) is 6.56. The van der Waals surface area contributed by atoms with Gasteiger partial charge in [-0.2, -0.15) is 18.3 Å². The van der Waals surface area contributed by atoms with Crippen LogP contribution in [0.25, 0.3) is 16.9 Å². The van der Waals surface area contributed by atoms with Gasteiger partial charge in [0.15, 0.2) is 18.0 Å². The summed E-state index contributed by atoms with van der Waals surface area (Å²) >= 11 is 0. The van der Waals surface area contributed by atoms with E-state index >= 15 is 0 Å². The highest BCUT2D eigenvalue weighted by molar-refractivity contribution is 6.05. The van der Waals surface area contributed by atoms with Crippen LogP contribution in [0, 0.1) is 0 Å². The maximum absolute atomic E-state index is 12.9. The average molecular weight is 401 g/mol. The minimum atomic E-state index is -4.47. The van der Waals surface area contributed by atoms with Gasteiger partial charge < -0.3 is 4.74 Å². The van der Waals surface area contributed by atoms with Crippen molar-refractivity contribution in [2.24, 2.45) is 0 Å². The molecule has 2 atom stereocenters. The maximum atomic E-state index is 12.9. The fourth-order valence-corrected chi connectivity index (χ4v) is 2.98. The first-order chi connectivity index (χ1) is 13.8. The van der Waals surface area contributed by atoms with Crippen molar-refractivity contribution >= 4 is 11.6 Å². The highest BCUT2D eigenvalue weighted by Gasteiger charge is 2.49. The van der Waals surface area contributed by atoms with Gasteiger partial charge >= 0.3 is 6.18 Å². The van der Waals surface area contributed by atoms with E-state index in [2.05, 4.69) is 10.1 Å². The van der Waals surface area contributed by atoms with Gasteiger partial charge in [-0.05, 0) is 49.4 Å². The van der Waals surface area contributed by atoms with Crippen molar-refractivity contribution in [3.05, 3.63) is 66.1 Å². The van der Waals surface area contributed by atoms with E-state index in [1.54, 1.807) is 24.5 Å². The van der Waals surface area contributed by atoms with E-state index in [9.17, 15) is 22.8 Å². The van der Waals surface area contributed by atoms with Gasteiger partial charge in [-0.15, -0.1) is 0 Å². The highest BCUT2D eigenvalue weighted by atomic mass is 19.4. The summed E-state index contributed by atoms with van der Waals surface area (Å²) in [7, 11) is 0. The number of aromatic nitrogens is 3. The smallest absolute Gasteiger partial charge is 0.352 e. The fraction of sp³-hybridized carbons (Fsp3) is 0.200. The Morgan fingerprint density at radius 2 is 1.69 bits per heavy atom. The third-order valence-corrected chi connectivity index (χ3v) is 4.53. The number of benzene rings is 1. The number of nitrogens with zero attached hydrogens (tertiary/aromatic N) is 3. The summed E-state index contributed by atoms with van der Waals surface area (Å²) in [5.74, 6) is -0.726. The van der Waals surface area contributed by atoms with E-state index in [1.165, 1.54) is 29.8 Å². The molecule has 1 aliphatic rings. The number of ether oxygens (including phenoxy) is 1. The zero-order valence-corrected chi connectivity index (χ0v) is 15.1. The molecule has 0 radical (unpaired) electrons. The van der Waals surface area contributed by atoms with Crippen molar-refractivity contribution in [2.75, 3.05) is 0 Å². The number of Topliss-reactive ketones (excluding diaryl/α,β-unsaturated/α-hetero) is 2. The minimum Gasteiger partial charge on any atom is -0.352 e. The van der Waals surface area contributed by atoms with Gasteiger partial charge in [-0.1, -0.05) is 0 Å². The van der Waals surface area contributed by atoms with E-state index in [4.69, 9.17) is 4.74 Å². The normalized spacial score (nSPS) is 18.5. The Morgan fingerprint density at radius 3 is 2.24 bits per heavy atom. The van der Waals surface area contributed by atoms with Gasteiger partial charge in [-0.3, -0.25) is 14.6 Å². The number of halogens is 3. The lowest BCUT2D eigenvalue weighted by molar-refractivity contribution is -0.137. The number of alkyl halides is 3. The number of hydrogen-bond donors (Lipinski definition) is 0. The molecule has 3 heterocycles. The maximum Gasteiger partial charge on any atom is 0.416 e. The number of carbonyl (C=O) groups is 2. The third kappa shape index (κ3) is 3.68. The van der Waals surface area contributed by atoms with Crippen LogP contribution in [-0.2, 0) is 15.7 Å². The topological polar surface area (TPSA) is 77.4 Å². The van der Waals surface area contributed by atoms with Crippen LogP contribution in [0.15, 0.2) is 54.9 Å². The molecular weight excluding hydrogens is 387 g/mol. The number of carbonyl (C=O) groups excluding carboxylic acids is 2. The fourth-order valence-electron chi connectivity index (χ4n) is 2.98. The van der Waals surface area contributed by atoms with E-state index in [-0.39, 0.29) is 17.2 Å². The molecule has 0 bridgehead atoms. The van der Waals surface area contributed by atoms with Crippen molar-refractivity contribution in [2.45, 2.75) is 25.3 Å². The molecule has 1 aromatic carbocycles. The molecule has 3 aromatic rings. The Hall–Kier alpha value is -3.33. The molecule has 0 N–H and O–H groups in total. The lowest BCUT2D eigenvalue weighted by atomic mass is 10.1. The van der Waals surface area contributed by atoms with Crippen LogP contribution in [-0.4, -0.2) is 38.5 Å². The number of hydrogen-bond acceptors (Lipinski definition) is 5. The van der Waals surface area contributed by atoms with Crippen LogP contribution in [0.5, 0.6) is 0 Å². The second-order valence-corrected chi connectivity index (χ2v) is 6.56. The molecule has 148 valence electrons. The van der Waals surface area contributed by atoms with Crippen molar-refractivity contribution in [3.8, 4) is 16.9 Å². The summed E-state index contributed by atoms with van der Waals surface area (Å²) in [5.41, 5.74) is 0.708. The summed E-state index contributed by atoms with van der Waals surface area (Å²) in [6.07, 6.45) is -3.07. The first kappa shape index (κ1) is 19.0. The zero-order valence-electron chi connectivity index (χ0n) is 15.1. The van der Waals surface area contributed by atoms with Crippen molar-refractivity contribution in [1.82, 2.24) is 14.8 Å². The van der Waals surface area contributed by atoms with Crippen LogP contribution >= 0.6 is 0 Å². The van der Waals surface area contributed by atoms with E-state index in [1.807, 2.05) is 0 Å². The van der Waals surface area contributed by atoms with Gasteiger partial charge in [-0.25, -0.2) is 4.68 Å². The molecule has 1 aliphatic heterocycles. The van der Waals surface area contributed by atoms with Crippen LogP contribution in [0.1, 0.15) is 23.0 Å². The molecule has 0 spiro atoms. The number of pyridine rings is 1. The highest BCUT2D eigenvalue weighted by Crippen LogP contribution is 2.32. The minimum absolute atomic E-state index is 0.116. The Balaban J connectivity index is 1.76. The number of ketones is 2. The van der Waals surface area contributed by atoms with Crippen LogP contribution in [0.3, 0.4) is 0 Å². The number of rotatable bonds is 5. The molecule has 2 aromatic heterocycles. The monoisotopic (exact) mass is 401 g/mol. The molecule has 29 heavy (non-hydrogen) atoms. The number of epoxide rings is 1. The Kier molecular flexibility index (Phi) is 4.54. The molecular formula is C20H14F3N3O3. The van der Waals surface area contributed by atoms with E-state index in [0.717, 1.165) is 12.1 Å². The Bertz CT molecular complexity index is 1080. The molecule has 6 nitrogen and oxygen atoms in total. The van der Waals surface area contributed by atoms with Crippen molar-refractivity contribution < 1.29 is 27.5 Å². The quantitative estimate of drug-likeness (QED) is 0.483. The molecule has 0 aliphatic carbocycles. The van der Waals surface area contributed by atoms with Gasteiger partial charge in [0.2, 0.25) is 5.78 Å². The van der Waals surface area contributed by atoms with Crippen LogP contribution in [0.2, 0.25) is 0 Å². The molecule has 0 saturated carbocycles.